The highest BCUT2D eigenvalue weighted by Crippen LogP contribution is 2.46. The van der Waals surface area contributed by atoms with Gasteiger partial charge in [0.1, 0.15) is 5.54 Å². The van der Waals surface area contributed by atoms with Crippen LogP contribution in [0.3, 0.4) is 0 Å². The number of benzene rings is 2. The smallest absolute Gasteiger partial charge is 0.164 e. The Labute approximate surface area is 154 Å². The van der Waals surface area contributed by atoms with Crippen LogP contribution in [0.5, 0.6) is 0 Å². The lowest BCUT2D eigenvalue weighted by molar-refractivity contribution is -0.116. The number of hydrogen-bond donors (Lipinski definition) is 0. The van der Waals surface area contributed by atoms with Crippen molar-refractivity contribution < 1.29 is 4.79 Å². The van der Waals surface area contributed by atoms with E-state index in [9.17, 15) is 4.79 Å². The SMILES string of the molecule is CCCC1(C(Cl)c2ccccc2)N=c2ccccc2=C1C(=O)C(C)C. The van der Waals surface area contributed by atoms with Crippen molar-refractivity contribution in [1.82, 2.24) is 0 Å². The van der Waals surface area contributed by atoms with E-state index < -0.39 is 5.54 Å². The first-order valence-electron chi connectivity index (χ1n) is 8.94. The van der Waals surface area contributed by atoms with Crippen molar-refractivity contribution in [2.45, 2.75) is 44.5 Å². The van der Waals surface area contributed by atoms with E-state index in [1.807, 2.05) is 68.4 Å². The maximum atomic E-state index is 13.2. The zero-order valence-electron chi connectivity index (χ0n) is 15.0. The van der Waals surface area contributed by atoms with Gasteiger partial charge in [-0.3, -0.25) is 9.79 Å². The predicted molar refractivity (Wildman–Crippen MR) is 103 cm³/mol. The van der Waals surface area contributed by atoms with Crippen LogP contribution in [-0.4, -0.2) is 11.3 Å². The van der Waals surface area contributed by atoms with Crippen molar-refractivity contribution in [1.29, 1.82) is 0 Å². The summed E-state index contributed by atoms with van der Waals surface area (Å²) in [4.78, 5) is 18.2. The molecular formula is C22H24ClNO. The summed E-state index contributed by atoms with van der Waals surface area (Å²) in [5.41, 5.74) is 1.08. The Kier molecular flexibility index (Phi) is 5.10. The number of ketones is 1. The van der Waals surface area contributed by atoms with Gasteiger partial charge in [0.25, 0.3) is 0 Å². The standard InChI is InChI=1S/C22H24ClNO/c1-4-14-22(21(23)16-10-6-5-7-11-16)19(20(25)15(2)3)17-12-8-9-13-18(17)24-22/h5-13,15,21H,4,14H2,1-3H3. The maximum Gasteiger partial charge on any atom is 0.164 e. The van der Waals surface area contributed by atoms with Crippen molar-refractivity contribution in [3.8, 4) is 0 Å². The third-order valence-electron chi connectivity index (χ3n) is 4.84. The van der Waals surface area contributed by atoms with Gasteiger partial charge < -0.3 is 0 Å². The van der Waals surface area contributed by atoms with Crippen molar-refractivity contribution in [3.05, 3.63) is 70.7 Å². The summed E-state index contributed by atoms with van der Waals surface area (Å²) in [5, 5.41) is 1.44. The summed E-state index contributed by atoms with van der Waals surface area (Å²) < 4.78 is 0. The Morgan fingerprint density at radius 1 is 1.08 bits per heavy atom. The Balaban J connectivity index is 2.28. The fourth-order valence-corrected chi connectivity index (χ4v) is 4.10. The normalized spacial score (nSPS) is 20.3. The number of carbonyl (C=O) groups is 1. The van der Waals surface area contributed by atoms with Gasteiger partial charge in [-0.2, -0.15) is 0 Å². The third kappa shape index (κ3) is 3.04. The molecule has 0 fully saturated rings. The molecule has 0 bridgehead atoms. The van der Waals surface area contributed by atoms with E-state index >= 15 is 0 Å². The van der Waals surface area contributed by atoms with E-state index in [0.29, 0.717) is 0 Å². The molecule has 0 spiro atoms. The van der Waals surface area contributed by atoms with Gasteiger partial charge in [0.15, 0.2) is 5.78 Å². The second kappa shape index (κ2) is 7.13. The molecule has 1 aliphatic heterocycles. The van der Waals surface area contributed by atoms with E-state index in [1.54, 1.807) is 0 Å². The van der Waals surface area contributed by atoms with Gasteiger partial charge in [0, 0.05) is 16.7 Å². The molecule has 3 heteroatoms. The average Bonchev–Trinajstić information content (AvgIpc) is 2.96. The Bertz CT molecular complexity index is 888. The number of para-hydroxylation sites is 1. The van der Waals surface area contributed by atoms with E-state index in [2.05, 4.69) is 6.92 Å². The first-order chi connectivity index (χ1) is 12.0. The summed E-state index contributed by atoms with van der Waals surface area (Å²) in [5.74, 6) is 0.0518. The largest absolute Gasteiger partial charge is 0.294 e. The van der Waals surface area contributed by atoms with Gasteiger partial charge in [-0.05, 0) is 18.1 Å². The summed E-state index contributed by atoms with van der Waals surface area (Å²) in [6, 6.07) is 17.9. The second-order valence-electron chi connectivity index (χ2n) is 6.97. The molecule has 2 aromatic rings. The maximum absolute atomic E-state index is 13.2. The molecule has 0 N–H and O–H groups in total. The van der Waals surface area contributed by atoms with Crippen molar-refractivity contribution in [2.75, 3.05) is 0 Å². The van der Waals surface area contributed by atoms with Crippen molar-refractivity contribution in [2.24, 2.45) is 10.9 Å². The molecule has 0 radical (unpaired) electrons. The highest BCUT2D eigenvalue weighted by atomic mass is 35.5. The van der Waals surface area contributed by atoms with Crippen molar-refractivity contribution >= 4 is 23.0 Å². The molecule has 0 saturated heterocycles. The number of fused-ring (bicyclic) bond motifs is 1. The summed E-state index contributed by atoms with van der Waals surface area (Å²) >= 11 is 7.01. The third-order valence-corrected chi connectivity index (χ3v) is 5.45. The van der Waals surface area contributed by atoms with Gasteiger partial charge in [-0.15, -0.1) is 11.6 Å². The molecule has 1 aliphatic rings. The Morgan fingerprint density at radius 3 is 2.36 bits per heavy atom. The molecule has 130 valence electrons. The molecule has 2 atom stereocenters. The highest BCUT2D eigenvalue weighted by Gasteiger charge is 2.47. The fraction of sp³-hybridized carbons (Fsp3) is 0.364. The van der Waals surface area contributed by atoms with Crippen LogP contribution >= 0.6 is 11.6 Å². The van der Waals surface area contributed by atoms with E-state index in [4.69, 9.17) is 16.6 Å². The predicted octanol–water partition coefficient (Wildman–Crippen LogP) is 4.21. The molecule has 0 aliphatic carbocycles. The first kappa shape index (κ1) is 17.9. The minimum absolute atomic E-state index is 0.0905. The van der Waals surface area contributed by atoms with Crippen LogP contribution in [0.4, 0.5) is 0 Å². The molecule has 3 rings (SSSR count). The van der Waals surface area contributed by atoms with Crippen LogP contribution in [0.1, 0.15) is 44.6 Å². The van der Waals surface area contributed by atoms with E-state index in [1.165, 1.54) is 0 Å². The summed E-state index contributed by atoms with van der Waals surface area (Å²) in [7, 11) is 0. The zero-order chi connectivity index (χ0) is 18.0. The van der Waals surface area contributed by atoms with Gasteiger partial charge in [-0.1, -0.05) is 75.7 Å². The molecule has 2 aromatic carbocycles. The molecule has 2 unspecified atom stereocenters. The molecule has 25 heavy (non-hydrogen) atoms. The minimum atomic E-state index is -0.706. The number of hydrogen-bond acceptors (Lipinski definition) is 2. The van der Waals surface area contributed by atoms with Crippen LogP contribution in [0.15, 0.2) is 59.6 Å². The lowest BCUT2D eigenvalue weighted by Crippen LogP contribution is -2.38. The number of alkyl halides is 1. The van der Waals surface area contributed by atoms with Crippen LogP contribution in [0.2, 0.25) is 0 Å². The topological polar surface area (TPSA) is 29.4 Å². The van der Waals surface area contributed by atoms with E-state index in [-0.39, 0.29) is 17.1 Å². The van der Waals surface area contributed by atoms with Crippen LogP contribution in [-0.2, 0) is 4.79 Å². The number of nitrogens with zero attached hydrogens (tertiary/aromatic N) is 1. The Morgan fingerprint density at radius 2 is 1.72 bits per heavy atom. The van der Waals surface area contributed by atoms with Crippen LogP contribution in [0.25, 0.3) is 5.57 Å². The number of carbonyl (C=O) groups excluding carboxylic acids is 1. The summed E-state index contributed by atoms with van der Waals surface area (Å²) in [6.07, 6.45) is 1.65. The van der Waals surface area contributed by atoms with Crippen molar-refractivity contribution in [3.63, 3.8) is 0 Å². The molecular weight excluding hydrogens is 330 g/mol. The second-order valence-corrected chi connectivity index (χ2v) is 7.41. The molecule has 2 nitrogen and oxygen atoms in total. The molecule has 0 saturated carbocycles. The monoisotopic (exact) mass is 353 g/mol. The lowest BCUT2D eigenvalue weighted by atomic mass is 9.76. The van der Waals surface area contributed by atoms with Gasteiger partial charge in [0.05, 0.1) is 10.7 Å². The van der Waals surface area contributed by atoms with Gasteiger partial charge >= 0.3 is 0 Å². The quantitative estimate of drug-likeness (QED) is 0.715. The molecule has 0 amide bonds. The van der Waals surface area contributed by atoms with Gasteiger partial charge in [0.2, 0.25) is 0 Å². The zero-order valence-corrected chi connectivity index (χ0v) is 15.8. The first-order valence-corrected chi connectivity index (χ1v) is 9.38. The van der Waals surface area contributed by atoms with Gasteiger partial charge in [-0.25, -0.2) is 0 Å². The fourth-order valence-electron chi connectivity index (χ4n) is 3.69. The molecule has 0 aromatic heterocycles. The van der Waals surface area contributed by atoms with E-state index in [0.717, 1.165) is 34.6 Å². The summed E-state index contributed by atoms with van der Waals surface area (Å²) in [6.45, 7) is 6.00. The van der Waals surface area contributed by atoms with Crippen LogP contribution in [0, 0.1) is 5.92 Å². The lowest BCUT2D eigenvalue weighted by Gasteiger charge is -2.34. The minimum Gasteiger partial charge on any atom is -0.294 e. The van der Waals surface area contributed by atoms with Crippen LogP contribution < -0.4 is 10.6 Å². The number of halogens is 1. The highest BCUT2D eigenvalue weighted by molar-refractivity contribution is 6.27. The number of rotatable bonds is 6. The Hall–Kier alpha value is -1.93. The average molecular weight is 354 g/mol. The molecule has 1 heterocycles. The number of Topliss-reactive ketones (excluding diaryl/α,β-unsaturated/α-hetero) is 1.